The Labute approximate surface area is 235 Å². The van der Waals surface area contributed by atoms with E-state index in [0.717, 1.165) is 19.3 Å². The summed E-state index contributed by atoms with van der Waals surface area (Å²) in [5, 5.41) is 24.0. The van der Waals surface area contributed by atoms with E-state index in [0.29, 0.717) is 17.8 Å². The molecule has 2 N–H and O–H groups in total. The van der Waals surface area contributed by atoms with Crippen molar-refractivity contribution in [1.29, 1.82) is 0 Å². The van der Waals surface area contributed by atoms with Gasteiger partial charge in [-0.3, -0.25) is 29.6 Å². The molecule has 1 aromatic heterocycles. The number of nitro benzene ring substituents is 1. The highest BCUT2D eigenvalue weighted by molar-refractivity contribution is 6.08. The highest BCUT2D eigenvalue weighted by Gasteiger charge is 2.53. The third kappa shape index (κ3) is 7.11. The summed E-state index contributed by atoms with van der Waals surface area (Å²) in [4.78, 5) is 43.1. The maximum absolute atomic E-state index is 13.7. The number of likely N-dealkylation sites (tertiary alicyclic amines) is 1. The lowest BCUT2D eigenvalue weighted by Gasteiger charge is -2.40. The predicted octanol–water partition coefficient (Wildman–Crippen LogP) is 5.00. The molecule has 3 heterocycles. The molecule has 1 fully saturated rings. The van der Waals surface area contributed by atoms with Crippen LogP contribution in [0.4, 0.5) is 11.4 Å². The monoisotopic (exact) mass is 549 g/mol. The molecule has 1 saturated heterocycles. The molecule has 4 rings (SSSR count). The minimum Gasteiger partial charge on any atom is -0.391 e. The van der Waals surface area contributed by atoms with Crippen molar-refractivity contribution in [3.8, 4) is 0 Å². The minimum absolute atomic E-state index is 0.0538. The van der Waals surface area contributed by atoms with E-state index in [1.807, 2.05) is 0 Å². The molecule has 0 saturated carbocycles. The SMILES string of the molecule is CCCCCCCCCC[C@H](O)C1C=CC2C(=O)N(Cc3ccccn3)C(=O)[C@H]2N1Nc1ccc([N+](=O)[O-])cc1. The number of benzene rings is 1. The number of anilines is 1. The first-order valence-corrected chi connectivity index (χ1v) is 14.3. The zero-order valence-corrected chi connectivity index (χ0v) is 23.0. The minimum atomic E-state index is -0.866. The number of hydrogen-bond donors (Lipinski definition) is 2. The molecule has 2 unspecified atom stereocenters. The number of aliphatic hydroxyl groups excluding tert-OH is 1. The van der Waals surface area contributed by atoms with Crippen molar-refractivity contribution in [1.82, 2.24) is 14.9 Å². The fourth-order valence-corrected chi connectivity index (χ4v) is 5.46. The van der Waals surface area contributed by atoms with Gasteiger partial charge in [-0.1, -0.05) is 76.5 Å². The zero-order chi connectivity index (χ0) is 28.5. The molecule has 1 aromatic carbocycles. The van der Waals surface area contributed by atoms with E-state index in [1.165, 1.54) is 49.1 Å². The van der Waals surface area contributed by atoms with Gasteiger partial charge in [-0.05, 0) is 30.7 Å². The van der Waals surface area contributed by atoms with Crippen LogP contribution >= 0.6 is 0 Å². The van der Waals surface area contributed by atoms with Gasteiger partial charge in [0.2, 0.25) is 11.8 Å². The van der Waals surface area contributed by atoms with Gasteiger partial charge in [-0.15, -0.1) is 0 Å². The molecule has 0 radical (unpaired) electrons. The number of amides is 2. The summed E-state index contributed by atoms with van der Waals surface area (Å²) >= 11 is 0. The van der Waals surface area contributed by atoms with Crippen LogP contribution in [0.15, 0.2) is 60.8 Å². The topological polar surface area (TPSA) is 129 Å². The van der Waals surface area contributed by atoms with Gasteiger partial charge in [-0.2, -0.15) is 0 Å². The summed E-state index contributed by atoms with van der Waals surface area (Å²) < 4.78 is 0. The summed E-state index contributed by atoms with van der Waals surface area (Å²) in [7, 11) is 0. The Morgan fingerprint density at radius 3 is 2.33 bits per heavy atom. The van der Waals surface area contributed by atoms with Gasteiger partial charge in [0.25, 0.3) is 5.69 Å². The van der Waals surface area contributed by atoms with Crippen LogP contribution in [-0.4, -0.2) is 54.9 Å². The molecule has 2 aliphatic heterocycles. The Morgan fingerprint density at radius 1 is 0.975 bits per heavy atom. The molecule has 0 bridgehead atoms. The number of hydrazine groups is 1. The molecule has 2 aromatic rings. The van der Waals surface area contributed by atoms with Crippen LogP contribution in [0.1, 0.15) is 70.4 Å². The number of imide groups is 1. The first-order valence-electron chi connectivity index (χ1n) is 14.3. The molecule has 4 atom stereocenters. The molecule has 0 spiro atoms. The quantitative estimate of drug-likeness (QED) is 0.104. The highest BCUT2D eigenvalue weighted by atomic mass is 16.6. The van der Waals surface area contributed by atoms with Gasteiger partial charge in [0, 0.05) is 24.0 Å². The number of rotatable bonds is 15. The Balaban J connectivity index is 1.48. The van der Waals surface area contributed by atoms with E-state index >= 15 is 0 Å². The normalized spacial score (nSPS) is 21.4. The van der Waals surface area contributed by atoms with Gasteiger partial charge in [-0.25, -0.2) is 5.01 Å². The summed E-state index contributed by atoms with van der Waals surface area (Å²) in [5.41, 5.74) is 4.27. The maximum Gasteiger partial charge on any atom is 0.269 e. The van der Waals surface area contributed by atoms with Crippen LogP contribution in [0, 0.1) is 16.0 Å². The van der Waals surface area contributed by atoms with E-state index in [9.17, 15) is 24.8 Å². The van der Waals surface area contributed by atoms with Crippen molar-refractivity contribution >= 4 is 23.2 Å². The van der Waals surface area contributed by atoms with E-state index in [1.54, 1.807) is 53.7 Å². The summed E-state index contributed by atoms with van der Waals surface area (Å²) in [5.74, 6) is -1.40. The zero-order valence-electron chi connectivity index (χ0n) is 23.0. The molecule has 10 nitrogen and oxygen atoms in total. The van der Waals surface area contributed by atoms with Crippen LogP contribution in [0.3, 0.4) is 0 Å². The third-order valence-corrected chi connectivity index (χ3v) is 7.68. The first-order chi connectivity index (χ1) is 19.4. The van der Waals surface area contributed by atoms with Crippen molar-refractivity contribution < 1.29 is 19.6 Å². The first kappa shape index (κ1) is 29.4. The second kappa shape index (κ2) is 14.1. The van der Waals surface area contributed by atoms with Crippen LogP contribution in [0.5, 0.6) is 0 Å². The van der Waals surface area contributed by atoms with Crippen molar-refractivity contribution in [2.75, 3.05) is 5.43 Å². The molecular weight excluding hydrogens is 510 g/mol. The number of nitrogens with one attached hydrogen (secondary N) is 1. The number of nitro groups is 1. The Kier molecular flexibility index (Phi) is 10.4. The summed E-state index contributed by atoms with van der Waals surface area (Å²) in [6, 6.07) is 9.78. The Hall–Kier alpha value is -3.63. The number of hydrogen-bond acceptors (Lipinski definition) is 8. The van der Waals surface area contributed by atoms with Crippen molar-refractivity contribution in [3.63, 3.8) is 0 Å². The average Bonchev–Trinajstić information content (AvgIpc) is 3.20. The van der Waals surface area contributed by atoms with Crippen molar-refractivity contribution in [2.24, 2.45) is 5.92 Å². The lowest BCUT2D eigenvalue weighted by atomic mass is 9.91. The second-order valence-electron chi connectivity index (χ2n) is 10.6. The van der Waals surface area contributed by atoms with Crippen LogP contribution in [0.2, 0.25) is 0 Å². The number of carbonyl (C=O) groups excluding carboxylic acids is 2. The average molecular weight is 550 g/mol. The number of fused-ring (bicyclic) bond motifs is 1. The standard InChI is InChI=1S/C30H39N5O5/c1-2-3-4-5-6-7-8-9-13-27(36)26-19-18-25-28(34(26)32-22-14-16-24(17-15-22)35(39)40)30(38)33(29(25)37)21-23-12-10-11-20-31-23/h10-12,14-20,25-28,32,36H,2-9,13,21H2,1H3/t25?,26?,27-,28-/m0/s1. The van der Waals surface area contributed by atoms with Crippen molar-refractivity contribution in [2.45, 2.75) is 89.4 Å². The smallest absolute Gasteiger partial charge is 0.269 e. The van der Waals surface area contributed by atoms with Gasteiger partial charge in [0.1, 0.15) is 6.04 Å². The van der Waals surface area contributed by atoms with E-state index in [2.05, 4.69) is 17.3 Å². The number of nitrogens with zero attached hydrogens (tertiary/aromatic N) is 4. The van der Waals surface area contributed by atoms with Gasteiger partial charge < -0.3 is 10.5 Å². The second-order valence-corrected chi connectivity index (χ2v) is 10.6. The summed E-state index contributed by atoms with van der Waals surface area (Å²) in [6.45, 7) is 2.27. The fraction of sp³-hybridized carbons (Fsp3) is 0.500. The molecule has 10 heteroatoms. The molecule has 40 heavy (non-hydrogen) atoms. The van der Waals surface area contributed by atoms with Gasteiger partial charge in [0.15, 0.2) is 0 Å². The number of unbranched alkanes of at least 4 members (excludes halogenated alkanes) is 7. The van der Waals surface area contributed by atoms with Crippen LogP contribution < -0.4 is 5.43 Å². The highest BCUT2D eigenvalue weighted by Crippen LogP contribution is 2.34. The molecule has 214 valence electrons. The number of aliphatic hydroxyl groups is 1. The van der Waals surface area contributed by atoms with E-state index in [4.69, 9.17) is 0 Å². The lowest BCUT2D eigenvalue weighted by Crippen LogP contribution is -2.57. The number of non-ortho nitro benzene ring substituents is 1. The molecule has 0 aliphatic carbocycles. The maximum atomic E-state index is 13.7. The van der Waals surface area contributed by atoms with Crippen LogP contribution in [0.25, 0.3) is 0 Å². The van der Waals surface area contributed by atoms with Crippen LogP contribution in [-0.2, 0) is 16.1 Å². The van der Waals surface area contributed by atoms with Gasteiger partial charge in [0.05, 0.1) is 35.2 Å². The summed E-state index contributed by atoms with van der Waals surface area (Å²) in [6.07, 6.45) is 14.1. The van der Waals surface area contributed by atoms with Gasteiger partial charge >= 0.3 is 0 Å². The van der Waals surface area contributed by atoms with E-state index in [-0.39, 0.29) is 24.0 Å². The molecule has 2 amide bonds. The largest absolute Gasteiger partial charge is 0.391 e. The predicted molar refractivity (Wildman–Crippen MR) is 152 cm³/mol. The Morgan fingerprint density at radius 2 is 1.68 bits per heavy atom. The van der Waals surface area contributed by atoms with Crippen molar-refractivity contribution in [3.05, 3.63) is 76.6 Å². The fourth-order valence-electron chi connectivity index (χ4n) is 5.46. The number of carbonyl (C=O) groups is 2. The Bertz CT molecular complexity index is 1170. The molecular formula is C30H39N5O5. The third-order valence-electron chi connectivity index (χ3n) is 7.68. The number of pyridine rings is 1. The molecule has 2 aliphatic rings. The van der Waals surface area contributed by atoms with E-state index < -0.39 is 29.0 Å². The lowest BCUT2D eigenvalue weighted by molar-refractivity contribution is -0.384. The number of aromatic nitrogens is 1.